The van der Waals surface area contributed by atoms with E-state index in [0.717, 1.165) is 23.1 Å². The Hall–Kier alpha value is -1.72. The van der Waals surface area contributed by atoms with E-state index < -0.39 is 16.0 Å². The van der Waals surface area contributed by atoms with Gasteiger partial charge in [0.15, 0.2) is 0 Å². The molecule has 2 rings (SSSR count). The lowest BCUT2D eigenvalue weighted by molar-refractivity contribution is -0.0258. The molecule has 142 valence electrons. The highest BCUT2D eigenvalue weighted by atomic mass is 35.5. The number of hydroxylamine groups is 1. The van der Waals surface area contributed by atoms with Crippen LogP contribution in [0.25, 0.3) is 0 Å². The average molecular weight is 421 g/mol. The number of thiazole rings is 1. The number of carbonyl (C=O) groups is 1. The first kappa shape index (κ1) is 20.6. The van der Waals surface area contributed by atoms with Crippen LogP contribution in [0.3, 0.4) is 0 Å². The van der Waals surface area contributed by atoms with Crippen molar-refractivity contribution in [1.29, 1.82) is 0 Å². The SMILES string of the molecule is CON(C)S(=O)(=O)c1cc(C(=O)OCCn2c(C)csc2=O)ccc1Cl. The molecule has 0 N–H and O–H groups in total. The molecule has 0 saturated carbocycles. The number of ether oxygens (including phenoxy) is 1. The molecule has 11 heteroatoms. The first-order valence-corrected chi connectivity index (χ1v) is 10.0. The van der Waals surface area contributed by atoms with Crippen LogP contribution in [0.2, 0.25) is 5.02 Å². The fourth-order valence-electron chi connectivity index (χ4n) is 2.05. The summed E-state index contributed by atoms with van der Waals surface area (Å²) in [5.74, 6) is -0.723. The number of benzene rings is 1. The molecule has 8 nitrogen and oxygen atoms in total. The summed E-state index contributed by atoms with van der Waals surface area (Å²) in [7, 11) is -1.62. The van der Waals surface area contributed by atoms with Crippen molar-refractivity contribution in [2.45, 2.75) is 18.4 Å². The highest BCUT2D eigenvalue weighted by Gasteiger charge is 2.25. The number of aryl methyl sites for hydroxylation is 1. The zero-order valence-corrected chi connectivity index (χ0v) is 16.7. The maximum Gasteiger partial charge on any atom is 0.338 e. The zero-order valence-electron chi connectivity index (χ0n) is 14.3. The van der Waals surface area contributed by atoms with Gasteiger partial charge in [-0.25, -0.2) is 13.2 Å². The molecule has 1 heterocycles. The van der Waals surface area contributed by atoms with E-state index in [0.29, 0.717) is 4.47 Å². The summed E-state index contributed by atoms with van der Waals surface area (Å²) in [5.41, 5.74) is 0.797. The highest BCUT2D eigenvalue weighted by molar-refractivity contribution is 7.89. The van der Waals surface area contributed by atoms with Gasteiger partial charge in [-0.1, -0.05) is 27.4 Å². The van der Waals surface area contributed by atoms with Gasteiger partial charge in [0, 0.05) is 18.1 Å². The number of rotatable bonds is 7. The molecule has 0 spiro atoms. The Kier molecular flexibility index (Phi) is 6.58. The molecule has 0 radical (unpaired) electrons. The normalized spacial score (nSPS) is 11.7. The Morgan fingerprint density at radius 2 is 2.08 bits per heavy atom. The van der Waals surface area contributed by atoms with Gasteiger partial charge in [0.25, 0.3) is 10.0 Å². The van der Waals surface area contributed by atoms with Crippen molar-refractivity contribution < 1.29 is 22.8 Å². The van der Waals surface area contributed by atoms with Gasteiger partial charge in [-0.2, -0.15) is 0 Å². The van der Waals surface area contributed by atoms with Crippen LogP contribution in [0.1, 0.15) is 16.1 Å². The van der Waals surface area contributed by atoms with Crippen molar-refractivity contribution in [2.75, 3.05) is 20.8 Å². The molecule has 0 fully saturated rings. The summed E-state index contributed by atoms with van der Waals surface area (Å²) in [6.45, 7) is 1.96. The summed E-state index contributed by atoms with van der Waals surface area (Å²) in [6, 6.07) is 3.78. The Bertz CT molecular complexity index is 967. The van der Waals surface area contributed by atoms with E-state index >= 15 is 0 Å². The summed E-state index contributed by atoms with van der Waals surface area (Å²) >= 11 is 7.01. The molecule has 0 amide bonds. The Balaban J connectivity index is 2.15. The Labute approximate surface area is 159 Å². The lowest BCUT2D eigenvalue weighted by Crippen LogP contribution is -2.26. The second kappa shape index (κ2) is 8.31. The number of hydrogen-bond acceptors (Lipinski definition) is 7. The van der Waals surface area contributed by atoms with Gasteiger partial charge in [-0.3, -0.25) is 14.2 Å². The van der Waals surface area contributed by atoms with E-state index in [1.54, 1.807) is 12.3 Å². The van der Waals surface area contributed by atoms with Gasteiger partial charge < -0.3 is 4.74 Å². The summed E-state index contributed by atoms with van der Waals surface area (Å²) in [5, 5.41) is 1.66. The molecular formula is C15H17ClN2O6S2. The summed E-state index contributed by atoms with van der Waals surface area (Å²) < 4.78 is 31.9. The maximum absolute atomic E-state index is 12.3. The number of esters is 1. The third-order valence-electron chi connectivity index (χ3n) is 3.56. The van der Waals surface area contributed by atoms with Crippen molar-refractivity contribution in [3.8, 4) is 0 Å². The lowest BCUT2D eigenvalue weighted by atomic mass is 10.2. The van der Waals surface area contributed by atoms with Crippen molar-refractivity contribution in [3.63, 3.8) is 0 Å². The number of carbonyl (C=O) groups excluding carboxylic acids is 1. The Morgan fingerprint density at radius 3 is 2.65 bits per heavy atom. The van der Waals surface area contributed by atoms with Gasteiger partial charge >= 0.3 is 10.8 Å². The topological polar surface area (TPSA) is 94.9 Å². The number of hydrogen-bond donors (Lipinski definition) is 0. The molecule has 0 aliphatic heterocycles. The maximum atomic E-state index is 12.3. The van der Waals surface area contributed by atoms with Crippen LogP contribution in [0, 0.1) is 6.92 Å². The fraction of sp³-hybridized carbons (Fsp3) is 0.333. The number of nitrogens with zero attached hydrogens (tertiary/aromatic N) is 2. The smallest absolute Gasteiger partial charge is 0.338 e. The van der Waals surface area contributed by atoms with Gasteiger partial charge in [-0.05, 0) is 25.1 Å². The van der Waals surface area contributed by atoms with E-state index in [1.807, 2.05) is 0 Å². The van der Waals surface area contributed by atoms with E-state index in [2.05, 4.69) is 0 Å². The van der Waals surface area contributed by atoms with E-state index in [4.69, 9.17) is 21.2 Å². The molecule has 0 saturated heterocycles. The predicted octanol–water partition coefficient (Wildman–Crippen LogP) is 1.91. The molecule has 0 bridgehead atoms. The van der Waals surface area contributed by atoms with Crippen LogP contribution in [-0.4, -0.2) is 44.2 Å². The largest absolute Gasteiger partial charge is 0.460 e. The second-order valence-electron chi connectivity index (χ2n) is 5.17. The van der Waals surface area contributed by atoms with Gasteiger partial charge in [0.1, 0.15) is 11.5 Å². The van der Waals surface area contributed by atoms with E-state index in [-0.39, 0.29) is 33.5 Å². The predicted molar refractivity (Wildman–Crippen MR) is 97.0 cm³/mol. The minimum Gasteiger partial charge on any atom is -0.460 e. The molecule has 1 aromatic heterocycles. The monoisotopic (exact) mass is 420 g/mol. The molecule has 26 heavy (non-hydrogen) atoms. The van der Waals surface area contributed by atoms with Crippen LogP contribution in [-0.2, 0) is 26.1 Å². The average Bonchev–Trinajstić information content (AvgIpc) is 2.92. The van der Waals surface area contributed by atoms with Crippen molar-refractivity contribution in [1.82, 2.24) is 9.04 Å². The third kappa shape index (κ3) is 4.33. The van der Waals surface area contributed by atoms with Crippen molar-refractivity contribution in [2.24, 2.45) is 0 Å². The van der Waals surface area contributed by atoms with Crippen LogP contribution in [0.5, 0.6) is 0 Å². The van der Waals surface area contributed by atoms with Gasteiger partial charge in [-0.15, -0.1) is 0 Å². The van der Waals surface area contributed by atoms with Crippen LogP contribution in [0.4, 0.5) is 0 Å². The van der Waals surface area contributed by atoms with Gasteiger partial charge in [0.2, 0.25) is 0 Å². The van der Waals surface area contributed by atoms with Crippen LogP contribution >= 0.6 is 22.9 Å². The second-order valence-corrected chi connectivity index (χ2v) is 8.31. The number of aromatic nitrogens is 1. The first-order valence-electron chi connectivity index (χ1n) is 7.33. The third-order valence-corrected chi connectivity index (χ3v) is 6.61. The van der Waals surface area contributed by atoms with Crippen LogP contribution in [0.15, 0.2) is 33.3 Å². The van der Waals surface area contributed by atoms with Crippen molar-refractivity contribution in [3.05, 3.63) is 49.5 Å². The molecule has 1 aromatic carbocycles. The zero-order chi connectivity index (χ0) is 19.5. The molecule has 0 aliphatic carbocycles. The van der Waals surface area contributed by atoms with Gasteiger partial charge in [0.05, 0.1) is 24.2 Å². The number of halogens is 1. The first-order chi connectivity index (χ1) is 12.2. The van der Waals surface area contributed by atoms with E-state index in [9.17, 15) is 18.0 Å². The van der Waals surface area contributed by atoms with Crippen molar-refractivity contribution >= 4 is 38.9 Å². The lowest BCUT2D eigenvalue weighted by Gasteiger charge is -2.15. The fourth-order valence-corrected chi connectivity index (χ4v) is 4.29. The molecular weight excluding hydrogens is 404 g/mol. The highest BCUT2D eigenvalue weighted by Crippen LogP contribution is 2.25. The van der Waals surface area contributed by atoms with Crippen LogP contribution < -0.4 is 4.87 Å². The molecule has 0 aliphatic rings. The molecule has 0 unspecified atom stereocenters. The standard InChI is InChI=1S/C15H17ClN2O6S2/c1-10-9-25-15(20)18(10)6-7-24-14(19)11-4-5-12(16)13(8-11)26(21,22)17(2)23-3/h4-5,8-9H,6-7H2,1-3H3. The quantitative estimate of drug-likeness (QED) is 0.501. The summed E-state index contributed by atoms with van der Waals surface area (Å²) in [6.07, 6.45) is 0. The van der Waals surface area contributed by atoms with E-state index in [1.165, 1.54) is 30.9 Å². The minimum absolute atomic E-state index is 0.0202. The number of sulfonamides is 1. The molecule has 2 aromatic rings. The Morgan fingerprint density at radius 1 is 1.38 bits per heavy atom. The summed E-state index contributed by atoms with van der Waals surface area (Å²) in [4.78, 5) is 28.1. The minimum atomic E-state index is -4.02. The molecule has 0 atom stereocenters.